The Balaban J connectivity index is 1.29. The topological polar surface area (TPSA) is 120 Å². The van der Waals surface area contributed by atoms with Gasteiger partial charge in [-0.05, 0) is 49.1 Å². The Hall–Kier alpha value is -4.66. The van der Waals surface area contributed by atoms with Crippen LogP contribution in [0.5, 0.6) is 0 Å². The van der Waals surface area contributed by atoms with Gasteiger partial charge in [-0.25, -0.2) is 9.59 Å². The Labute approximate surface area is 231 Å². The van der Waals surface area contributed by atoms with Gasteiger partial charge >= 0.3 is 18.0 Å². The average Bonchev–Trinajstić information content (AvgIpc) is 3.41. The van der Waals surface area contributed by atoms with Crippen LogP contribution in [0.2, 0.25) is 0 Å². The van der Waals surface area contributed by atoms with Crippen LogP contribution in [0.3, 0.4) is 0 Å². The number of benzene rings is 3. The van der Waals surface area contributed by atoms with Crippen molar-refractivity contribution in [2.24, 2.45) is 0 Å². The zero-order valence-electron chi connectivity index (χ0n) is 22.6. The second-order valence-corrected chi connectivity index (χ2v) is 10.8. The number of carboxylic acids is 1. The van der Waals surface area contributed by atoms with Crippen LogP contribution in [0.25, 0.3) is 22.0 Å². The molecule has 3 aromatic carbocycles. The third kappa shape index (κ3) is 5.68. The van der Waals surface area contributed by atoms with E-state index in [1.165, 1.54) is 4.68 Å². The first-order valence-corrected chi connectivity index (χ1v) is 13.1. The van der Waals surface area contributed by atoms with Crippen LogP contribution >= 0.6 is 0 Å². The molecular formula is C31H31N3O6. The Bertz CT molecular complexity index is 1540. The van der Waals surface area contributed by atoms with Crippen LogP contribution in [0.4, 0.5) is 4.79 Å². The fraction of sp³-hybridized carbons (Fsp3) is 0.290. The number of rotatable bonds is 8. The number of nitrogens with one attached hydrogen (secondary N) is 1. The van der Waals surface area contributed by atoms with Crippen molar-refractivity contribution in [3.63, 3.8) is 0 Å². The second-order valence-electron chi connectivity index (χ2n) is 10.8. The fourth-order valence-electron chi connectivity index (χ4n) is 5.12. The summed E-state index contributed by atoms with van der Waals surface area (Å²) in [5.41, 5.74) is 4.79. The molecule has 1 aromatic heterocycles. The third-order valence-corrected chi connectivity index (χ3v) is 6.76. The first kappa shape index (κ1) is 26.9. The Morgan fingerprint density at radius 3 is 2.17 bits per heavy atom. The lowest BCUT2D eigenvalue weighted by Gasteiger charge is -2.19. The summed E-state index contributed by atoms with van der Waals surface area (Å²) < 4.78 is 12.5. The molecule has 0 saturated heterocycles. The first-order valence-electron chi connectivity index (χ1n) is 13.1. The molecule has 0 saturated carbocycles. The highest BCUT2D eigenvalue weighted by atomic mass is 16.6. The molecular weight excluding hydrogens is 510 g/mol. The highest BCUT2D eigenvalue weighted by Gasteiger charge is 2.30. The van der Waals surface area contributed by atoms with Crippen LogP contribution in [0, 0.1) is 0 Å². The molecule has 2 N–H and O–H groups in total. The van der Waals surface area contributed by atoms with Gasteiger partial charge in [0.15, 0.2) is 0 Å². The molecule has 1 atom stereocenters. The van der Waals surface area contributed by atoms with E-state index in [0.717, 1.165) is 22.3 Å². The molecule has 0 radical (unpaired) electrons. The quantitative estimate of drug-likeness (QED) is 0.304. The Morgan fingerprint density at radius 2 is 1.55 bits per heavy atom. The van der Waals surface area contributed by atoms with Crippen LogP contribution < -0.4 is 5.32 Å². The molecule has 5 rings (SSSR count). The number of para-hydroxylation sites is 1. The summed E-state index contributed by atoms with van der Waals surface area (Å²) >= 11 is 0. The lowest BCUT2D eigenvalue weighted by atomic mass is 9.98. The number of hydrogen-bond acceptors (Lipinski definition) is 6. The van der Waals surface area contributed by atoms with Crippen molar-refractivity contribution < 1.29 is 29.0 Å². The predicted octanol–water partition coefficient (Wildman–Crippen LogP) is 4.91. The largest absolute Gasteiger partial charge is 0.480 e. The van der Waals surface area contributed by atoms with Crippen molar-refractivity contribution >= 4 is 28.9 Å². The summed E-state index contributed by atoms with van der Waals surface area (Å²) in [6.07, 6.45) is -0.901. The lowest BCUT2D eigenvalue weighted by molar-refractivity contribution is -0.154. The van der Waals surface area contributed by atoms with E-state index in [1.54, 1.807) is 32.9 Å². The zero-order valence-corrected chi connectivity index (χ0v) is 22.6. The van der Waals surface area contributed by atoms with E-state index in [9.17, 15) is 19.5 Å². The van der Waals surface area contributed by atoms with E-state index in [1.807, 2.05) is 60.7 Å². The van der Waals surface area contributed by atoms with Crippen molar-refractivity contribution in [1.29, 1.82) is 0 Å². The number of fused-ring (bicyclic) bond motifs is 4. The summed E-state index contributed by atoms with van der Waals surface area (Å²) in [4.78, 5) is 37.4. The number of nitrogens with zero attached hydrogens (tertiary/aromatic N) is 2. The number of esters is 1. The molecule has 0 aliphatic heterocycles. The van der Waals surface area contributed by atoms with Gasteiger partial charge in [0, 0.05) is 11.3 Å². The number of carbonyl (C=O) groups excluding carboxylic acids is 2. The second kappa shape index (κ2) is 10.8. The highest BCUT2D eigenvalue weighted by molar-refractivity contribution is 5.87. The number of ether oxygens (including phenoxy) is 2. The van der Waals surface area contributed by atoms with Gasteiger partial charge in [0.25, 0.3) is 0 Å². The summed E-state index contributed by atoms with van der Waals surface area (Å²) in [5, 5.41) is 17.6. The normalized spacial score (nSPS) is 13.4. The van der Waals surface area contributed by atoms with Crippen LogP contribution in [-0.4, -0.2) is 51.2 Å². The van der Waals surface area contributed by atoms with Gasteiger partial charge in [0.2, 0.25) is 0 Å². The number of amides is 1. The molecule has 9 nitrogen and oxygen atoms in total. The number of carboxylic acid groups (broad SMARTS) is 1. The summed E-state index contributed by atoms with van der Waals surface area (Å²) in [6, 6.07) is 21.9. The maximum atomic E-state index is 12.8. The van der Waals surface area contributed by atoms with E-state index in [2.05, 4.69) is 10.4 Å². The Kier molecular flexibility index (Phi) is 7.30. The number of carbonyl (C=O) groups is 3. The average molecular weight is 542 g/mol. The smallest absolute Gasteiger partial charge is 0.407 e. The Morgan fingerprint density at radius 1 is 0.950 bits per heavy atom. The maximum absolute atomic E-state index is 12.8. The van der Waals surface area contributed by atoms with Gasteiger partial charge in [-0.15, -0.1) is 0 Å². The minimum atomic E-state index is -1.31. The maximum Gasteiger partial charge on any atom is 0.407 e. The van der Waals surface area contributed by atoms with Gasteiger partial charge in [0.1, 0.15) is 18.2 Å². The summed E-state index contributed by atoms with van der Waals surface area (Å²) in [5.74, 6) is -1.82. The number of hydrogen-bond donors (Lipinski definition) is 2. The lowest BCUT2D eigenvalue weighted by Crippen LogP contribution is -2.44. The van der Waals surface area contributed by atoms with Crippen LogP contribution in [0.15, 0.2) is 72.8 Å². The summed E-state index contributed by atoms with van der Waals surface area (Å²) in [6.45, 7) is 5.27. The van der Waals surface area contributed by atoms with Crippen LogP contribution in [-0.2, 0) is 32.0 Å². The molecule has 9 heteroatoms. The molecule has 4 aromatic rings. The molecule has 1 aliphatic carbocycles. The number of aliphatic carboxylic acids is 1. The van der Waals surface area contributed by atoms with Crippen molar-refractivity contribution in [2.75, 3.05) is 6.61 Å². The first-order chi connectivity index (χ1) is 19.1. The molecule has 1 aliphatic rings. The number of aromatic nitrogens is 2. The minimum absolute atomic E-state index is 0.0664. The van der Waals surface area contributed by atoms with Gasteiger partial charge in [-0.3, -0.25) is 9.48 Å². The molecule has 0 fully saturated rings. The zero-order chi connectivity index (χ0) is 28.4. The van der Waals surface area contributed by atoms with Gasteiger partial charge in [-0.2, -0.15) is 5.10 Å². The van der Waals surface area contributed by atoms with Gasteiger partial charge < -0.3 is 19.9 Å². The van der Waals surface area contributed by atoms with Gasteiger partial charge in [-0.1, -0.05) is 66.7 Å². The van der Waals surface area contributed by atoms with E-state index in [0.29, 0.717) is 16.6 Å². The molecule has 1 amide bonds. The molecule has 40 heavy (non-hydrogen) atoms. The molecule has 1 heterocycles. The molecule has 1 unspecified atom stereocenters. The van der Waals surface area contributed by atoms with Crippen molar-refractivity contribution in [2.45, 2.75) is 51.3 Å². The van der Waals surface area contributed by atoms with Crippen LogP contribution in [0.1, 0.15) is 43.5 Å². The van der Waals surface area contributed by atoms with Gasteiger partial charge in [0.05, 0.1) is 24.2 Å². The van der Waals surface area contributed by atoms with E-state index >= 15 is 0 Å². The highest BCUT2D eigenvalue weighted by Crippen LogP contribution is 2.44. The molecule has 0 spiro atoms. The van der Waals surface area contributed by atoms with E-state index in [-0.39, 0.29) is 25.5 Å². The third-order valence-electron chi connectivity index (χ3n) is 6.76. The summed E-state index contributed by atoms with van der Waals surface area (Å²) in [7, 11) is 0. The molecule has 0 bridgehead atoms. The SMILES string of the molecule is CC(C)(C)OC(=O)Cc1nn(CC(NC(=O)OCC2c3ccccc3-c3ccccc32)C(=O)O)c2ccccc12. The standard InChI is InChI=1S/C31H31N3O6/c1-31(2,3)40-28(35)16-25-23-14-8-9-15-27(23)34(33-25)17-26(29(36)37)32-30(38)39-18-24-21-12-6-4-10-19(21)20-11-5-7-13-22(20)24/h4-15,24,26H,16-18H2,1-3H3,(H,32,38)(H,36,37). The van der Waals surface area contributed by atoms with E-state index < -0.39 is 29.7 Å². The van der Waals surface area contributed by atoms with E-state index in [4.69, 9.17) is 9.47 Å². The van der Waals surface area contributed by atoms with Crippen molar-refractivity contribution in [3.8, 4) is 11.1 Å². The predicted molar refractivity (Wildman–Crippen MR) is 149 cm³/mol. The number of alkyl carbamates (subject to hydrolysis) is 1. The molecule has 206 valence electrons. The van der Waals surface area contributed by atoms with Crippen molar-refractivity contribution in [1.82, 2.24) is 15.1 Å². The fourth-order valence-corrected chi connectivity index (χ4v) is 5.12. The van der Waals surface area contributed by atoms with Crippen molar-refractivity contribution in [3.05, 3.63) is 89.6 Å². The monoisotopic (exact) mass is 541 g/mol. The minimum Gasteiger partial charge on any atom is -0.480 e.